The standard InChI is InChI=1S/C28H27F2N3O3/c1-17(31-25(34)15-19-12-20(29)16-21(30)13-19)27(35)32-26-23-11-7-6-10-22(23)24(33(2)28(26)36)14-18-8-4-3-5-9-18/h3-13,16-17,24,26H,14-15H2,1-2H3,(H,31,34)(H,32,35)/t17-,24?,26?/m0/s1. The van der Waals surface area contributed by atoms with Gasteiger partial charge in [-0.3, -0.25) is 14.4 Å². The molecule has 4 rings (SSSR count). The molecule has 36 heavy (non-hydrogen) atoms. The Hall–Kier alpha value is -4.07. The van der Waals surface area contributed by atoms with E-state index in [0.29, 0.717) is 12.0 Å². The van der Waals surface area contributed by atoms with Crippen LogP contribution in [-0.2, 0) is 27.2 Å². The lowest BCUT2D eigenvalue weighted by molar-refractivity contribution is -0.139. The van der Waals surface area contributed by atoms with E-state index >= 15 is 0 Å². The maximum absolute atomic E-state index is 13.4. The summed E-state index contributed by atoms with van der Waals surface area (Å²) in [6.45, 7) is 1.49. The molecular weight excluding hydrogens is 464 g/mol. The molecule has 186 valence electrons. The first kappa shape index (κ1) is 25.0. The normalized spacial score (nSPS) is 17.8. The van der Waals surface area contributed by atoms with Crippen LogP contribution in [0.3, 0.4) is 0 Å². The van der Waals surface area contributed by atoms with Crippen molar-refractivity contribution in [2.45, 2.75) is 37.9 Å². The second-order valence-corrected chi connectivity index (χ2v) is 8.97. The van der Waals surface area contributed by atoms with Gasteiger partial charge in [-0.1, -0.05) is 54.6 Å². The zero-order chi connectivity index (χ0) is 25.8. The van der Waals surface area contributed by atoms with E-state index in [9.17, 15) is 23.2 Å². The lowest BCUT2D eigenvalue weighted by Gasteiger charge is -2.39. The van der Waals surface area contributed by atoms with Crippen molar-refractivity contribution >= 4 is 17.7 Å². The number of rotatable bonds is 7. The van der Waals surface area contributed by atoms with Crippen molar-refractivity contribution in [1.29, 1.82) is 0 Å². The van der Waals surface area contributed by atoms with Crippen LogP contribution in [0.1, 0.15) is 41.3 Å². The van der Waals surface area contributed by atoms with Gasteiger partial charge in [0.25, 0.3) is 0 Å². The van der Waals surface area contributed by atoms with E-state index in [-0.39, 0.29) is 23.9 Å². The zero-order valence-corrected chi connectivity index (χ0v) is 20.0. The van der Waals surface area contributed by atoms with E-state index in [4.69, 9.17) is 0 Å². The maximum atomic E-state index is 13.4. The number of hydrogen-bond donors (Lipinski definition) is 2. The predicted molar refractivity (Wildman–Crippen MR) is 131 cm³/mol. The van der Waals surface area contributed by atoms with Gasteiger partial charge in [-0.05, 0) is 47.7 Å². The predicted octanol–water partition coefficient (Wildman–Crippen LogP) is 3.63. The Morgan fingerprint density at radius 2 is 1.53 bits per heavy atom. The van der Waals surface area contributed by atoms with Gasteiger partial charge in [0.15, 0.2) is 0 Å². The highest BCUT2D eigenvalue weighted by atomic mass is 19.1. The van der Waals surface area contributed by atoms with Crippen molar-refractivity contribution in [1.82, 2.24) is 15.5 Å². The Bertz CT molecular complexity index is 1260. The molecule has 0 radical (unpaired) electrons. The van der Waals surface area contributed by atoms with Crippen molar-refractivity contribution in [3.8, 4) is 0 Å². The van der Waals surface area contributed by atoms with Crippen LogP contribution < -0.4 is 10.6 Å². The molecule has 1 aliphatic heterocycles. The fourth-order valence-corrected chi connectivity index (χ4v) is 4.52. The minimum absolute atomic E-state index is 0.153. The average Bonchev–Trinajstić information content (AvgIpc) is 2.84. The molecule has 0 saturated heterocycles. The van der Waals surface area contributed by atoms with Crippen LogP contribution in [0.5, 0.6) is 0 Å². The molecule has 0 aliphatic carbocycles. The highest BCUT2D eigenvalue weighted by Gasteiger charge is 2.38. The van der Waals surface area contributed by atoms with Gasteiger partial charge in [0.2, 0.25) is 17.7 Å². The van der Waals surface area contributed by atoms with E-state index < -0.39 is 35.5 Å². The van der Waals surface area contributed by atoms with E-state index in [1.165, 1.54) is 6.92 Å². The topological polar surface area (TPSA) is 78.5 Å². The summed E-state index contributed by atoms with van der Waals surface area (Å²) >= 11 is 0. The van der Waals surface area contributed by atoms with Gasteiger partial charge in [-0.25, -0.2) is 8.78 Å². The Labute approximate surface area is 208 Å². The number of hydrogen-bond acceptors (Lipinski definition) is 3. The van der Waals surface area contributed by atoms with Crippen molar-refractivity contribution in [3.05, 3.63) is 107 Å². The van der Waals surface area contributed by atoms with Crippen LogP contribution in [0.25, 0.3) is 0 Å². The summed E-state index contributed by atoms with van der Waals surface area (Å²) in [5.74, 6) is -2.94. The smallest absolute Gasteiger partial charge is 0.250 e. The van der Waals surface area contributed by atoms with Gasteiger partial charge in [0.1, 0.15) is 23.7 Å². The van der Waals surface area contributed by atoms with Gasteiger partial charge in [-0.15, -0.1) is 0 Å². The molecule has 1 aliphatic rings. The van der Waals surface area contributed by atoms with Crippen molar-refractivity contribution in [3.63, 3.8) is 0 Å². The van der Waals surface area contributed by atoms with E-state index in [2.05, 4.69) is 10.6 Å². The number of nitrogens with one attached hydrogen (secondary N) is 2. The lowest BCUT2D eigenvalue weighted by Crippen LogP contribution is -2.52. The molecule has 3 aromatic carbocycles. The lowest BCUT2D eigenvalue weighted by atomic mass is 9.86. The van der Waals surface area contributed by atoms with Crippen LogP contribution >= 0.6 is 0 Å². The Kier molecular flexibility index (Phi) is 7.43. The quantitative estimate of drug-likeness (QED) is 0.530. The number of carbonyl (C=O) groups is 3. The first-order chi connectivity index (χ1) is 17.2. The van der Waals surface area contributed by atoms with Gasteiger partial charge in [-0.2, -0.15) is 0 Å². The molecule has 0 saturated carbocycles. The molecule has 8 heteroatoms. The Morgan fingerprint density at radius 3 is 2.19 bits per heavy atom. The summed E-state index contributed by atoms with van der Waals surface area (Å²) in [6.07, 6.45) is 0.343. The van der Waals surface area contributed by atoms with Gasteiger partial charge in [0, 0.05) is 13.1 Å². The third-order valence-electron chi connectivity index (χ3n) is 6.34. The van der Waals surface area contributed by atoms with Crippen LogP contribution in [0.15, 0.2) is 72.8 Å². The molecule has 6 nitrogen and oxygen atoms in total. The maximum Gasteiger partial charge on any atom is 0.250 e. The molecule has 0 fully saturated rings. The average molecular weight is 492 g/mol. The monoisotopic (exact) mass is 491 g/mol. The first-order valence-electron chi connectivity index (χ1n) is 11.7. The Morgan fingerprint density at radius 1 is 0.917 bits per heavy atom. The van der Waals surface area contributed by atoms with E-state index in [1.807, 2.05) is 54.6 Å². The molecule has 2 N–H and O–H groups in total. The number of amides is 3. The Balaban J connectivity index is 1.46. The summed E-state index contributed by atoms with van der Waals surface area (Å²) in [7, 11) is 1.72. The van der Waals surface area contributed by atoms with Gasteiger partial charge >= 0.3 is 0 Å². The molecular formula is C28H27F2N3O3. The number of carbonyl (C=O) groups excluding carboxylic acids is 3. The minimum atomic E-state index is -0.969. The van der Waals surface area contributed by atoms with Gasteiger partial charge < -0.3 is 15.5 Å². The zero-order valence-electron chi connectivity index (χ0n) is 20.0. The van der Waals surface area contributed by atoms with E-state index in [1.54, 1.807) is 11.9 Å². The van der Waals surface area contributed by atoms with E-state index in [0.717, 1.165) is 29.3 Å². The van der Waals surface area contributed by atoms with Crippen molar-refractivity contribution in [2.24, 2.45) is 0 Å². The summed E-state index contributed by atoms with van der Waals surface area (Å²) in [4.78, 5) is 40.3. The van der Waals surface area contributed by atoms with Crippen molar-refractivity contribution < 1.29 is 23.2 Å². The fourth-order valence-electron chi connectivity index (χ4n) is 4.52. The van der Waals surface area contributed by atoms with Crippen LogP contribution in [0.2, 0.25) is 0 Å². The SMILES string of the molecule is C[C@H](NC(=O)Cc1cc(F)cc(F)c1)C(=O)NC1C(=O)N(C)C(Cc2ccccc2)c2ccccc21. The molecule has 0 bridgehead atoms. The summed E-state index contributed by atoms with van der Waals surface area (Å²) in [6, 6.07) is 18.2. The molecule has 2 unspecified atom stereocenters. The summed E-state index contributed by atoms with van der Waals surface area (Å²) < 4.78 is 26.8. The van der Waals surface area contributed by atoms with Crippen molar-refractivity contribution in [2.75, 3.05) is 7.05 Å². The van der Waals surface area contributed by atoms with Crippen LogP contribution in [-0.4, -0.2) is 35.7 Å². The number of halogens is 2. The molecule has 0 aromatic heterocycles. The van der Waals surface area contributed by atoms with Gasteiger partial charge in [0.05, 0.1) is 12.5 Å². The van der Waals surface area contributed by atoms with Crippen LogP contribution in [0.4, 0.5) is 8.78 Å². The summed E-state index contributed by atoms with van der Waals surface area (Å²) in [5, 5.41) is 5.29. The third-order valence-corrected chi connectivity index (χ3v) is 6.34. The second-order valence-electron chi connectivity index (χ2n) is 8.97. The highest BCUT2D eigenvalue weighted by Crippen LogP contribution is 2.36. The highest BCUT2D eigenvalue weighted by molar-refractivity contribution is 5.93. The second kappa shape index (κ2) is 10.7. The first-order valence-corrected chi connectivity index (χ1v) is 11.7. The minimum Gasteiger partial charge on any atom is -0.344 e. The number of benzene rings is 3. The number of nitrogens with zero attached hydrogens (tertiary/aromatic N) is 1. The molecule has 3 aromatic rings. The largest absolute Gasteiger partial charge is 0.344 e. The summed E-state index contributed by atoms with van der Waals surface area (Å²) in [5.41, 5.74) is 2.90. The molecule has 0 spiro atoms. The third kappa shape index (κ3) is 5.59. The number of fused-ring (bicyclic) bond motifs is 1. The molecule has 1 heterocycles. The fraction of sp³-hybridized carbons (Fsp3) is 0.250. The molecule has 3 atom stereocenters. The molecule has 3 amide bonds. The number of likely N-dealkylation sites (N-methyl/N-ethyl adjacent to an activating group) is 1. The van der Waals surface area contributed by atoms with Crippen LogP contribution in [0, 0.1) is 11.6 Å².